The van der Waals surface area contributed by atoms with Crippen molar-refractivity contribution in [1.82, 2.24) is 9.62 Å². The molecule has 11 heteroatoms. The van der Waals surface area contributed by atoms with Crippen molar-refractivity contribution >= 4 is 17.3 Å². The minimum atomic E-state index is -3.42. The molecule has 1 aliphatic carbocycles. The highest BCUT2D eigenvalue weighted by Crippen LogP contribution is 2.39. The maximum atomic E-state index is 15.5. The van der Waals surface area contributed by atoms with Crippen LogP contribution in [0.15, 0.2) is 36.4 Å². The second-order valence-electron chi connectivity index (χ2n) is 9.14. The highest BCUT2D eigenvalue weighted by Gasteiger charge is 2.59. The fourth-order valence-electron chi connectivity index (χ4n) is 4.53. The van der Waals surface area contributed by atoms with E-state index in [2.05, 4.69) is 4.72 Å². The van der Waals surface area contributed by atoms with Gasteiger partial charge in [0.15, 0.2) is 0 Å². The first-order valence-corrected chi connectivity index (χ1v) is 12.6. The Labute approximate surface area is 201 Å². The van der Waals surface area contributed by atoms with Crippen LogP contribution in [-0.4, -0.2) is 57.9 Å². The second kappa shape index (κ2) is 9.34. The van der Waals surface area contributed by atoms with Gasteiger partial charge in [-0.2, -0.15) is 0 Å². The van der Waals surface area contributed by atoms with Crippen LogP contribution in [-0.2, 0) is 27.3 Å². The molecule has 2 aliphatic heterocycles. The van der Waals surface area contributed by atoms with E-state index in [1.807, 2.05) is 0 Å². The number of benzene rings is 2. The van der Waals surface area contributed by atoms with Gasteiger partial charge in [0.25, 0.3) is 11.8 Å². The van der Waals surface area contributed by atoms with E-state index in [0.717, 1.165) is 23.1 Å². The van der Waals surface area contributed by atoms with Crippen LogP contribution in [0.3, 0.4) is 0 Å². The van der Waals surface area contributed by atoms with E-state index in [-0.39, 0.29) is 28.4 Å². The first-order valence-electron chi connectivity index (χ1n) is 11.3. The van der Waals surface area contributed by atoms with Crippen molar-refractivity contribution in [3.8, 4) is 11.1 Å². The van der Waals surface area contributed by atoms with E-state index in [1.165, 1.54) is 18.2 Å². The number of rotatable bonds is 7. The Kier molecular flexibility index (Phi) is 6.54. The van der Waals surface area contributed by atoms with Crippen LogP contribution in [0, 0.1) is 17.5 Å². The Hall–Kier alpha value is -2.21. The molecule has 0 aromatic heterocycles. The molecule has 2 aromatic rings. The summed E-state index contributed by atoms with van der Waals surface area (Å²) in [6, 6.07) is 3.76. The molecule has 35 heavy (non-hydrogen) atoms. The van der Waals surface area contributed by atoms with Crippen LogP contribution >= 0.6 is 0 Å². The van der Waals surface area contributed by atoms with Crippen LogP contribution in [0.25, 0.3) is 11.1 Å². The van der Waals surface area contributed by atoms with Crippen molar-refractivity contribution in [3.63, 3.8) is 0 Å². The van der Waals surface area contributed by atoms with E-state index in [0.29, 0.717) is 25.9 Å². The van der Waals surface area contributed by atoms with Gasteiger partial charge in [-0.25, -0.2) is 22.0 Å². The maximum Gasteiger partial charge on any atom is 0.286 e. The molecule has 5 rings (SSSR count). The molecule has 3 fully saturated rings. The summed E-state index contributed by atoms with van der Waals surface area (Å²) < 4.78 is 94.0. The van der Waals surface area contributed by atoms with Gasteiger partial charge in [0.2, 0.25) is 0 Å². The molecule has 2 saturated heterocycles. The summed E-state index contributed by atoms with van der Waals surface area (Å²) in [4.78, 5) is 13.9. The number of alkyl halides is 2. The quantitative estimate of drug-likeness (QED) is 0.452. The number of carbonyl (C=O) groups is 1. The first-order chi connectivity index (χ1) is 16.7. The molecular formula is C24H23F5N2O3S. The number of nitrogens with one attached hydrogen (secondary N) is 1. The average Bonchev–Trinajstić information content (AvgIpc) is 3.58. The van der Waals surface area contributed by atoms with E-state index >= 15 is 13.2 Å². The minimum Gasteiger partial charge on any atom is -0.598 e. The third kappa shape index (κ3) is 4.78. The lowest BCUT2D eigenvalue weighted by Gasteiger charge is -2.34. The minimum absolute atomic E-state index is 0.0507. The monoisotopic (exact) mass is 514 g/mol. The molecule has 0 radical (unpaired) electrons. The standard InChI is InChI=1S/C24H23F5N2O3S/c25-14-4-7-18(26)17(11-14)16-3-1-2-13(21(16)27)10-19-22(30-35(33)15-5-6-15)24(28,29)12-31(19)23(32)20-8-9-34-20/h1-4,7,11,15,19-20,22,30H,5-6,8-10,12H2/t19-,20?,22+,35?/m0/s1. The van der Waals surface area contributed by atoms with Crippen molar-refractivity contribution in [3.05, 3.63) is 59.4 Å². The predicted octanol–water partition coefficient (Wildman–Crippen LogP) is 3.73. The Bertz CT molecular complexity index is 1130. The summed E-state index contributed by atoms with van der Waals surface area (Å²) in [7, 11) is 0. The van der Waals surface area contributed by atoms with Crippen molar-refractivity contribution in [2.24, 2.45) is 0 Å². The highest BCUT2D eigenvalue weighted by atomic mass is 32.2. The highest BCUT2D eigenvalue weighted by molar-refractivity contribution is 7.90. The van der Waals surface area contributed by atoms with Gasteiger partial charge in [0.1, 0.15) is 34.8 Å². The summed E-state index contributed by atoms with van der Waals surface area (Å²) in [5.74, 6) is -6.55. The largest absolute Gasteiger partial charge is 0.598 e. The van der Waals surface area contributed by atoms with Gasteiger partial charge >= 0.3 is 0 Å². The van der Waals surface area contributed by atoms with E-state index in [9.17, 15) is 18.1 Å². The number of likely N-dealkylation sites (tertiary alicyclic amines) is 1. The van der Waals surface area contributed by atoms with Crippen LogP contribution in [0.4, 0.5) is 22.0 Å². The molecule has 2 aromatic carbocycles. The molecule has 1 amide bonds. The first kappa shape index (κ1) is 24.5. The number of nitrogens with zero attached hydrogens (tertiary/aromatic N) is 1. The number of amides is 1. The third-order valence-electron chi connectivity index (χ3n) is 6.68. The molecule has 2 unspecified atom stereocenters. The lowest BCUT2D eigenvalue weighted by molar-refractivity contribution is -0.158. The zero-order valence-electron chi connectivity index (χ0n) is 18.5. The topological polar surface area (TPSA) is 64.6 Å². The fourth-order valence-corrected chi connectivity index (χ4v) is 5.87. The number of hydrogen-bond donors (Lipinski definition) is 1. The van der Waals surface area contributed by atoms with Gasteiger partial charge in [0.05, 0.1) is 19.2 Å². The molecule has 188 valence electrons. The van der Waals surface area contributed by atoms with Crippen molar-refractivity contribution in [2.45, 2.75) is 55.0 Å². The molecule has 0 bridgehead atoms. The Morgan fingerprint density at radius 3 is 2.54 bits per heavy atom. The van der Waals surface area contributed by atoms with Gasteiger partial charge in [-0.1, -0.05) is 18.2 Å². The maximum absolute atomic E-state index is 15.5. The molecular weight excluding hydrogens is 491 g/mol. The fraction of sp³-hybridized carbons (Fsp3) is 0.458. The average molecular weight is 515 g/mol. The molecule has 2 heterocycles. The van der Waals surface area contributed by atoms with Crippen LogP contribution in [0.5, 0.6) is 0 Å². The molecule has 1 N–H and O–H groups in total. The predicted molar refractivity (Wildman–Crippen MR) is 118 cm³/mol. The summed E-state index contributed by atoms with van der Waals surface area (Å²) in [6.45, 7) is -0.579. The van der Waals surface area contributed by atoms with Crippen LogP contribution in [0.2, 0.25) is 0 Å². The smallest absolute Gasteiger partial charge is 0.286 e. The number of hydrogen-bond acceptors (Lipinski definition) is 4. The van der Waals surface area contributed by atoms with Crippen molar-refractivity contribution in [1.29, 1.82) is 0 Å². The van der Waals surface area contributed by atoms with Gasteiger partial charge in [0, 0.05) is 41.8 Å². The summed E-state index contributed by atoms with van der Waals surface area (Å²) in [5, 5.41) is -0.234. The summed E-state index contributed by atoms with van der Waals surface area (Å²) in [6.07, 6.45) is 0.499. The van der Waals surface area contributed by atoms with Crippen LogP contribution < -0.4 is 4.72 Å². The summed E-state index contributed by atoms with van der Waals surface area (Å²) >= 11 is -1.73. The summed E-state index contributed by atoms with van der Waals surface area (Å²) in [5.41, 5.74) is -0.581. The lowest BCUT2D eigenvalue weighted by Crippen LogP contribution is -2.54. The number of carbonyl (C=O) groups excluding carboxylic acids is 1. The molecule has 4 atom stereocenters. The Morgan fingerprint density at radius 1 is 1.14 bits per heavy atom. The van der Waals surface area contributed by atoms with Gasteiger partial charge in [-0.3, -0.25) is 4.79 Å². The molecule has 5 nitrogen and oxygen atoms in total. The van der Waals surface area contributed by atoms with Crippen molar-refractivity contribution < 1.29 is 36.0 Å². The van der Waals surface area contributed by atoms with Gasteiger partial charge in [-0.05, 0) is 30.2 Å². The number of halogens is 5. The van der Waals surface area contributed by atoms with Crippen molar-refractivity contribution in [2.75, 3.05) is 13.2 Å². The zero-order valence-corrected chi connectivity index (χ0v) is 19.3. The zero-order chi connectivity index (χ0) is 24.9. The molecule has 0 spiro atoms. The van der Waals surface area contributed by atoms with E-state index in [1.54, 1.807) is 0 Å². The van der Waals surface area contributed by atoms with Gasteiger partial charge in [-0.15, -0.1) is 4.72 Å². The van der Waals surface area contributed by atoms with Gasteiger partial charge < -0.3 is 14.2 Å². The van der Waals surface area contributed by atoms with E-state index in [4.69, 9.17) is 4.74 Å². The van der Waals surface area contributed by atoms with Crippen LogP contribution in [0.1, 0.15) is 24.8 Å². The normalized spacial score (nSPS) is 26.5. The van der Waals surface area contributed by atoms with E-state index < -0.39 is 65.4 Å². The SMILES string of the molecule is O=C(C1CCO1)N1CC(F)(F)[C@H](N[S+]([O-])C2CC2)[C@@H]1Cc1cccc(-c2cc(F)ccc2F)c1F. The Balaban J connectivity index is 1.49. The molecule has 3 aliphatic rings. The second-order valence-corrected chi connectivity index (χ2v) is 10.6. The Morgan fingerprint density at radius 2 is 1.89 bits per heavy atom. The lowest BCUT2D eigenvalue weighted by atomic mass is 9.95. The third-order valence-corrected chi connectivity index (χ3v) is 8.24. The molecule has 1 saturated carbocycles. The number of ether oxygens (including phenoxy) is 1.